The van der Waals surface area contributed by atoms with Crippen LogP contribution in [0.15, 0.2) is 21.5 Å². The third-order valence-electron chi connectivity index (χ3n) is 2.05. The van der Waals surface area contributed by atoms with Crippen LogP contribution in [0.4, 0.5) is 17.6 Å². The number of sulfonamides is 1. The fourth-order valence-corrected chi connectivity index (χ4v) is 3.03. The molecule has 0 aromatic heterocycles. The summed E-state index contributed by atoms with van der Waals surface area (Å²) in [4.78, 5) is -0.883. The molecule has 0 atom stereocenters. The van der Waals surface area contributed by atoms with Gasteiger partial charge in [0, 0.05) is 16.6 Å². The van der Waals surface area contributed by atoms with Gasteiger partial charge in [-0.05, 0) is 12.1 Å². The maximum atomic E-state index is 13.8. The van der Waals surface area contributed by atoms with Crippen molar-refractivity contribution in [3.05, 3.63) is 28.0 Å². The molecular weight excluding hydrogens is 356 g/mol. The van der Waals surface area contributed by atoms with Gasteiger partial charge in [-0.2, -0.15) is 13.2 Å². The number of hydrogen-bond acceptors (Lipinski definition) is 3. The second kappa shape index (κ2) is 5.73. The van der Waals surface area contributed by atoms with Gasteiger partial charge >= 0.3 is 6.18 Å². The molecule has 0 aliphatic carbocycles. The van der Waals surface area contributed by atoms with Gasteiger partial charge in [-0.15, -0.1) is 0 Å². The highest BCUT2D eigenvalue weighted by atomic mass is 79.9. The Balaban J connectivity index is 3.18. The third-order valence-corrected chi connectivity index (χ3v) is 3.91. The van der Waals surface area contributed by atoms with Gasteiger partial charge in [-0.3, -0.25) is 0 Å². The van der Waals surface area contributed by atoms with E-state index in [-0.39, 0.29) is 16.6 Å². The SMILES string of the molecule is NCc1cc(Br)cc(S(=O)(=O)NCC(F)(F)F)c1F. The van der Waals surface area contributed by atoms with Gasteiger partial charge in [-0.1, -0.05) is 15.9 Å². The lowest BCUT2D eigenvalue weighted by Gasteiger charge is -2.12. The Bertz CT molecular complexity index is 574. The van der Waals surface area contributed by atoms with Crippen molar-refractivity contribution in [1.82, 2.24) is 4.72 Å². The molecule has 4 nitrogen and oxygen atoms in total. The number of alkyl halides is 3. The van der Waals surface area contributed by atoms with Crippen LogP contribution in [0, 0.1) is 5.82 Å². The molecule has 0 aliphatic rings. The number of halogens is 5. The number of hydrogen-bond donors (Lipinski definition) is 2. The molecule has 0 saturated carbocycles. The van der Waals surface area contributed by atoms with E-state index in [1.165, 1.54) is 10.8 Å². The van der Waals surface area contributed by atoms with Crippen LogP contribution in [0.1, 0.15) is 5.56 Å². The summed E-state index contributed by atoms with van der Waals surface area (Å²) in [5.41, 5.74) is 5.10. The molecule has 0 spiro atoms. The zero-order valence-electron chi connectivity index (χ0n) is 9.26. The summed E-state index contributed by atoms with van der Waals surface area (Å²) in [6.45, 7) is -2.06. The van der Waals surface area contributed by atoms with Crippen molar-refractivity contribution in [2.75, 3.05) is 6.54 Å². The van der Waals surface area contributed by atoms with Crippen LogP contribution in [0.2, 0.25) is 0 Å². The van der Waals surface area contributed by atoms with Crippen LogP contribution in [0.5, 0.6) is 0 Å². The fourth-order valence-electron chi connectivity index (χ4n) is 1.22. The molecule has 0 bridgehead atoms. The summed E-state index contributed by atoms with van der Waals surface area (Å²) in [5.74, 6) is -1.17. The first-order valence-electron chi connectivity index (χ1n) is 4.81. The Hall–Kier alpha value is -0.710. The second-order valence-electron chi connectivity index (χ2n) is 3.52. The summed E-state index contributed by atoms with van der Waals surface area (Å²) in [7, 11) is -4.61. The molecule has 10 heteroatoms. The largest absolute Gasteiger partial charge is 0.402 e. The average Bonchev–Trinajstić information content (AvgIpc) is 2.28. The Morgan fingerprint density at radius 3 is 2.37 bits per heavy atom. The molecule has 19 heavy (non-hydrogen) atoms. The third kappa shape index (κ3) is 4.41. The van der Waals surface area contributed by atoms with Gasteiger partial charge in [-0.25, -0.2) is 17.5 Å². The van der Waals surface area contributed by atoms with Crippen LogP contribution in [-0.4, -0.2) is 21.1 Å². The lowest BCUT2D eigenvalue weighted by atomic mass is 10.2. The summed E-state index contributed by atoms with van der Waals surface area (Å²) < 4.78 is 74.4. The van der Waals surface area contributed by atoms with E-state index in [4.69, 9.17) is 5.73 Å². The standard InChI is InChI=1S/C9H9BrF4N2O2S/c10-6-1-5(3-15)8(11)7(2-6)19(17,18)16-4-9(12,13)14/h1-2,16H,3-4,15H2. The molecule has 0 aliphatic heterocycles. The topological polar surface area (TPSA) is 72.2 Å². The summed E-state index contributed by atoms with van der Waals surface area (Å²) >= 11 is 2.93. The Morgan fingerprint density at radius 1 is 1.32 bits per heavy atom. The normalized spacial score (nSPS) is 12.7. The summed E-state index contributed by atoms with van der Waals surface area (Å²) in [6.07, 6.45) is -4.73. The number of rotatable bonds is 4. The number of nitrogens with two attached hydrogens (primary N) is 1. The minimum Gasteiger partial charge on any atom is -0.326 e. The first-order chi connectivity index (χ1) is 8.57. The van der Waals surface area contributed by atoms with Crippen LogP contribution in [0.3, 0.4) is 0 Å². The zero-order chi connectivity index (χ0) is 14.8. The number of benzene rings is 1. The molecule has 1 aromatic carbocycles. The monoisotopic (exact) mass is 364 g/mol. The molecule has 0 radical (unpaired) electrons. The van der Waals surface area contributed by atoms with E-state index in [1.807, 2.05) is 0 Å². The highest BCUT2D eigenvalue weighted by Crippen LogP contribution is 2.24. The zero-order valence-corrected chi connectivity index (χ0v) is 11.7. The van der Waals surface area contributed by atoms with Crippen LogP contribution in [-0.2, 0) is 16.6 Å². The molecule has 108 valence electrons. The van der Waals surface area contributed by atoms with Crippen LogP contribution < -0.4 is 10.5 Å². The Kier molecular flexibility index (Phi) is 4.93. The summed E-state index contributed by atoms with van der Waals surface area (Å²) in [5, 5.41) is 0. The highest BCUT2D eigenvalue weighted by Gasteiger charge is 2.31. The van der Waals surface area contributed by atoms with Crippen molar-refractivity contribution in [2.45, 2.75) is 17.6 Å². The number of nitrogens with one attached hydrogen (secondary N) is 1. The molecule has 1 rings (SSSR count). The minimum absolute atomic E-state index is 0.123. The van der Waals surface area contributed by atoms with Gasteiger partial charge in [0.05, 0.1) is 0 Å². The van der Waals surface area contributed by atoms with Gasteiger partial charge < -0.3 is 5.73 Å². The highest BCUT2D eigenvalue weighted by molar-refractivity contribution is 9.10. The van der Waals surface area contributed by atoms with E-state index >= 15 is 0 Å². The Morgan fingerprint density at radius 2 is 1.89 bits per heavy atom. The first kappa shape index (κ1) is 16.3. The lowest BCUT2D eigenvalue weighted by Crippen LogP contribution is -2.34. The predicted octanol–water partition coefficient (Wildman–Crippen LogP) is 1.89. The molecule has 0 amide bonds. The van der Waals surface area contributed by atoms with Crippen molar-refractivity contribution in [1.29, 1.82) is 0 Å². The van der Waals surface area contributed by atoms with Crippen LogP contribution >= 0.6 is 15.9 Å². The van der Waals surface area contributed by atoms with Gasteiger partial charge in [0.2, 0.25) is 10.0 Å². The van der Waals surface area contributed by atoms with Crippen molar-refractivity contribution < 1.29 is 26.0 Å². The minimum atomic E-state index is -4.73. The van der Waals surface area contributed by atoms with E-state index in [9.17, 15) is 26.0 Å². The molecule has 3 N–H and O–H groups in total. The summed E-state index contributed by atoms with van der Waals surface area (Å²) in [6, 6.07) is 2.12. The lowest BCUT2D eigenvalue weighted by molar-refractivity contribution is -0.121. The van der Waals surface area contributed by atoms with E-state index in [1.54, 1.807) is 0 Å². The molecule has 0 unspecified atom stereocenters. The maximum Gasteiger partial charge on any atom is 0.402 e. The molecule has 0 saturated heterocycles. The van der Waals surface area contributed by atoms with E-state index < -0.39 is 33.5 Å². The molecule has 0 fully saturated rings. The van der Waals surface area contributed by atoms with Gasteiger partial charge in [0.15, 0.2) is 0 Å². The van der Waals surface area contributed by atoms with Crippen molar-refractivity contribution >= 4 is 26.0 Å². The first-order valence-corrected chi connectivity index (χ1v) is 7.09. The maximum absolute atomic E-state index is 13.8. The molecule has 1 aromatic rings. The van der Waals surface area contributed by atoms with Crippen molar-refractivity contribution in [2.24, 2.45) is 5.73 Å². The predicted molar refractivity (Wildman–Crippen MR) is 63.2 cm³/mol. The van der Waals surface area contributed by atoms with Gasteiger partial charge in [0.25, 0.3) is 0 Å². The average molecular weight is 365 g/mol. The molecular formula is C9H9BrF4N2O2S. The van der Waals surface area contributed by atoms with E-state index in [0.717, 1.165) is 6.07 Å². The smallest absolute Gasteiger partial charge is 0.326 e. The van der Waals surface area contributed by atoms with E-state index in [0.29, 0.717) is 0 Å². The van der Waals surface area contributed by atoms with Crippen molar-refractivity contribution in [3.8, 4) is 0 Å². The Labute approximate surface area is 115 Å². The second-order valence-corrected chi connectivity index (χ2v) is 6.17. The van der Waals surface area contributed by atoms with Crippen molar-refractivity contribution in [3.63, 3.8) is 0 Å². The van der Waals surface area contributed by atoms with Crippen LogP contribution in [0.25, 0.3) is 0 Å². The quantitative estimate of drug-likeness (QED) is 0.801. The van der Waals surface area contributed by atoms with Gasteiger partial charge in [0.1, 0.15) is 17.3 Å². The molecule has 0 heterocycles. The fraction of sp³-hybridized carbons (Fsp3) is 0.333. The van der Waals surface area contributed by atoms with E-state index in [2.05, 4.69) is 15.9 Å².